The molecule has 0 aromatic heterocycles. The van der Waals surface area contributed by atoms with E-state index in [9.17, 15) is 0 Å². The maximum absolute atomic E-state index is 8.97. The van der Waals surface area contributed by atoms with Crippen molar-refractivity contribution >= 4 is 0 Å². The van der Waals surface area contributed by atoms with Gasteiger partial charge in [-0.2, -0.15) is 5.26 Å². The summed E-state index contributed by atoms with van der Waals surface area (Å²) in [6.07, 6.45) is 3.83. The maximum atomic E-state index is 8.97. The quantitative estimate of drug-likeness (QED) is 0.573. The fraction of sp³-hybridized carbons (Fsp3) is 0.889. The lowest BCUT2D eigenvalue weighted by Crippen LogP contribution is -2.27. The maximum Gasteiger partial charge on any atom is 0.0622 e. The van der Waals surface area contributed by atoms with Gasteiger partial charge in [-0.25, -0.2) is 0 Å². The topological polar surface area (TPSA) is 56.0 Å². The Morgan fingerprint density at radius 1 is 1.50 bits per heavy atom. The van der Waals surface area contributed by atoms with Crippen molar-refractivity contribution in [3.05, 3.63) is 0 Å². The average Bonchev–Trinajstić information content (AvgIpc) is 2.85. The molecule has 0 aromatic rings. The Hall–Kier alpha value is -0.590. The van der Waals surface area contributed by atoms with E-state index in [0.717, 1.165) is 32.4 Å². The molecule has 0 bridgehead atoms. The van der Waals surface area contributed by atoms with Crippen LogP contribution in [0.4, 0.5) is 0 Å². The van der Waals surface area contributed by atoms with Crippen molar-refractivity contribution in [1.29, 1.82) is 5.26 Å². The Bertz CT molecular complexity index is 170. The molecule has 1 fully saturated rings. The average molecular weight is 168 g/mol. The van der Waals surface area contributed by atoms with Gasteiger partial charge in [0.1, 0.15) is 0 Å². The van der Waals surface area contributed by atoms with Gasteiger partial charge in [-0.1, -0.05) is 0 Å². The number of aliphatic hydroxyl groups is 1. The van der Waals surface area contributed by atoms with Crippen LogP contribution in [0.15, 0.2) is 0 Å². The molecule has 3 heteroatoms. The van der Waals surface area contributed by atoms with Gasteiger partial charge in [0.2, 0.25) is 0 Å². The van der Waals surface area contributed by atoms with Crippen LogP contribution in [-0.4, -0.2) is 24.8 Å². The van der Waals surface area contributed by atoms with Crippen molar-refractivity contribution in [2.45, 2.75) is 25.7 Å². The van der Waals surface area contributed by atoms with Crippen LogP contribution in [0.5, 0.6) is 0 Å². The summed E-state index contributed by atoms with van der Waals surface area (Å²) in [6, 6.07) is 2.11. The monoisotopic (exact) mass is 168 g/mol. The SMILES string of the molecule is N#CCCCNCC1(CO)CC1. The number of nitrogens with zero attached hydrogens (tertiary/aromatic N) is 1. The molecule has 68 valence electrons. The number of nitriles is 1. The first-order chi connectivity index (χ1) is 5.83. The van der Waals surface area contributed by atoms with Crippen molar-refractivity contribution in [2.75, 3.05) is 19.7 Å². The number of rotatable bonds is 6. The number of unbranched alkanes of at least 4 members (excludes halogenated alkanes) is 1. The van der Waals surface area contributed by atoms with E-state index in [1.807, 2.05) is 0 Å². The van der Waals surface area contributed by atoms with Crippen LogP contribution in [-0.2, 0) is 0 Å². The third kappa shape index (κ3) is 2.80. The Morgan fingerprint density at radius 3 is 2.75 bits per heavy atom. The van der Waals surface area contributed by atoms with Crippen molar-refractivity contribution in [3.8, 4) is 6.07 Å². The summed E-state index contributed by atoms with van der Waals surface area (Å²) in [5, 5.41) is 20.5. The summed E-state index contributed by atoms with van der Waals surface area (Å²) < 4.78 is 0. The lowest BCUT2D eigenvalue weighted by atomic mass is 10.1. The molecule has 0 heterocycles. The van der Waals surface area contributed by atoms with Crippen LogP contribution in [0.2, 0.25) is 0 Å². The molecule has 0 radical (unpaired) electrons. The van der Waals surface area contributed by atoms with Gasteiger partial charge in [-0.05, 0) is 25.8 Å². The van der Waals surface area contributed by atoms with Gasteiger partial charge in [0.05, 0.1) is 6.07 Å². The molecular formula is C9H16N2O. The first-order valence-electron chi connectivity index (χ1n) is 4.51. The van der Waals surface area contributed by atoms with Crippen LogP contribution in [0.1, 0.15) is 25.7 Å². The highest BCUT2D eigenvalue weighted by atomic mass is 16.3. The van der Waals surface area contributed by atoms with E-state index in [-0.39, 0.29) is 5.41 Å². The van der Waals surface area contributed by atoms with Gasteiger partial charge in [0.25, 0.3) is 0 Å². The molecule has 2 N–H and O–H groups in total. The highest BCUT2D eigenvalue weighted by Gasteiger charge is 2.41. The second-order valence-corrected chi connectivity index (χ2v) is 3.60. The molecule has 1 saturated carbocycles. The van der Waals surface area contributed by atoms with E-state index in [1.165, 1.54) is 0 Å². The number of hydrogen-bond acceptors (Lipinski definition) is 3. The Labute approximate surface area is 73.4 Å². The second-order valence-electron chi connectivity index (χ2n) is 3.60. The largest absolute Gasteiger partial charge is 0.396 e. The van der Waals surface area contributed by atoms with E-state index in [1.54, 1.807) is 0 Å². The van der Waals surface area contributed by atoms with Crippen LogP contribution < -0.4 is 5.32 Å². The molecule has 1 aliphatic carbocycles. The third-order valence-corrected chi connectivity index (χ3v) is 2.43. The molecule has 0 atom stereocenters. The van der Waals surface area contributed by atoms with Crippen molar-refractivity contribution in [3.63, 3.8) is 0 Å². The Balaban J connectivity index is 1.93. The van der Waals surface area contributed by atoms with Gasteiger partial charge in [-0.15, -0.1) is 0 Å². The highest BCUT2D eigenvalue weighted by Crippen LogP contribution is 2.44. The van der Waals surface area contributed by atoms with Crippen LogP contribution in [0.3, 0.4) is 0 Å². The normalized spacial score (nSPS) is 18.7. The first kappa shape index (κ1) is 9.50. The minimum absolute atomic E-state index is 0.201. The molecule has 0 saturated heterocycles. The Kier molecular flexibility index (Phi) is 3.51. The van der Waals surface area contributed by atoms with E-state index >= 15 is 0 Å². The molecule has 3 nitrogen and oxygen atoms in total. The van der Waals surface area contributed by atoms with Crippen molar-refractivity contribution in [2.24, 2.45) is 5.41 Å². The minimum Gasteiger partial charge on any atom is -0.396 e. The fourth-order valence-corrected chi connectivity index (χ4v) is 1.21. The van der Waals surface area contributed by atoms with E-state index in [2.05, 4.69) is 11.4 Å². The van der Waals surface area contributed by atoms with Gasteiger partial charge in [-0.3, -0.25) is 0 Å². The smallest absolute Gasteiger partial charge is 0.0622 e. The predicted octanol–water partition coefficient (Wildman–Crippen LogP) is 0.652. The van der Waals surface area contributed by atoms with Gasteiger partial charge >= 0.3 is 0 Å². The van der Waals surface area contributed by atoms with Crippen LogP contribution >= 0.6 is 0 Å². The van der Waals surface area contributed by atoms with E-state index in [0.29, 0.717) is 13.0 Å². The summed E-state index contributed by atoms with van der Waals surface area (Å²) in [4.78, 5) is 0. The van der Waals surface area contributed by atoms with Crippen LogP contribution in [0.25, 0.3) is 0 Å². The zero-order valence-corrected chi connectivity index (χ0v) is 7.34. The summed E-state index contributed by atoms with van der Waals surface area (Å²) in [7, 11) is 0. The molecule has 0 spiro atoms. The van der Waals surface area contributed by atoms with Crippen LogP contribution in [0, 0.1) is 16.7 Å². The molecule has 1 aliphatic rings. The predicted molar refractivity (Wildman–Crippen MR) is 46.5 cm³/mol. The Morgan fingerprint density at radius 2 is 2.25 bits per heavy atom. The molecule has 0 unspecified atom stereocenters. The first-order valence-corrected chi connectivity index (χ1v) is 4.51. The lowest BCUT2D eigenvalue weighted by molar-refractivity contribution is 0.208. The fourth-order valence-electron chi connectivity index (χ4n) is 1.21. The second kappa shape index (κ2) is 4.44. The zero-order chi connectivity index (χ0) is 8.86. The van der Waals surface area contributed by atoms with Crippen molar-refractivity contribution < 1.29 is 5.11 Å². The molecule has 0 aromatic carbocycles. The van der Waals surface area contributed by atoms with E-state index < -0.39 is 0 Å². The van der Waals surface area contributed by atoms with Gasteiger partial charge in [0.15, 0.2) is 0 Å². The van der Waals surface area contributed by atoms with Crippen molar-refractivity contribution in [1.82, 2.24) is 5.32 Å². The number of aliphatic hydroxyl groups excluding tert-OH is 1. The summed E-state index contributed by atoms with van der Waals surface area (Å²) in [5.41, 5.74) is 0.201. The minimum atomic E-state index is 0.201. The number of nitrogens with one attached hydrogen (secondary N) is 1. The third-order valence-electron chi connectivity index (χ3n) is 2.43. The standard InChI is InChI=1S/C9H16N2O/c10-5-1-2-6-11-7-9(8-12)3-4-9/h11-12H,1-4,6-8H2. The summed E-state index contributed by atoms with van der Waals surface area (Å²) in [6.45, 7) is 2.11. The summed E-state index contributed by atoms with van der Waals surface area (Å²) in [5.74, 6) is 0. The highest BCUT2D eigenvalue weighted by molar-refractivity contribution is 4.94. The summed E-state index contributed by atoms with van der Waals surface area (Å²) >= 11 is 0. The molecule has 12 heavy (non-hydrogen) atoms. The molecule has 0 amide bonds. The zero-order valence-electron chi connectivity index (χ0n) is 7.34. The molecule has 0 aliphatic heterocycles. The van der Waals surface area contributed by atoms with Gasteiger partial charge in [0, 0.05) is 25.0 Å². The number of hydrogen-bond donors (Lipinski definition) is 2. The molecular weight excluding hydrogens is 152 g/mol. The molecule has 1 rings (SSSR count). The van der Waals surface area contributed by atoms with E-state index in [4.69, 9.17) is 10.4 Å². The van der Waals surface area contributed by atoms with Gasteiger partial charge < -0.3 is 10.4 Å². The lowest BCUT2D eigenvalue weighted by Gasteiger charge is -2.11.